The second-order valence-electron chi connectivity index (χ2n) is 6.24. The van der Waals surface area contributed by atoms with Crippen LogP contribution in [0.3, 0.4) is 0 Å². The van der Waals surface area contributed by atoms with Crippen molar-refractivity contribution in [3.8, 4) is 0 Å². The van der Waals surface area contributed by atoms with E-state index in [4.69, 9.17) is 0 Å². The number of carbonyl (C=O) groups excluding carboxylic acids is 1. The number of fused-ring (bicyclic) bond motifs is 2. The van der Waals surface area contributed by atoms with E-state index >= 15 is 0 Å². The summed E-state index contributed by atoms with van der Waals surface area (Å²) in [5, 5.41) is 6.60. The van der Waals surface area contributed by atoms with E-state index in [1.165, 1.54) is 12.8 Å². The van der Waals surface area contributed by atoms with E-state index in [1.54, 1.807) is 0 Å². The van der Waals surface area contributed by atoms with E-state index in [0.717, 1.165) is 43.6 Å². The number of nitrogens with one attached hydrogen (secondary N) is 2. The van der Waals surface area contributed by atoms with Gasteiger partial charge in [0.05, 0.1) is 6.04 Å². The standard InChI is InChI=1S/C15H24N2O/c1-10(13-9-11-5-6-12(13)8-11)17-14-4-2-3-7-16-15(14)18/h5-6,10-14,17H,2-4,7-9H2,1H3,(H,16,18). The maximum absolute atomic E-state index is 11.9. The average molecular weight is 248 g/mol. The Labute approximate surface area is 109 Å². The summed E-state index contributed by atoms with van der Waals surface area (Å²) in [6.07, 6.45) is 10.7. The molecule has 3 rings (SSSR count). The van der Waals surface area contributed by atoms with Crippen LogP contribution < -0.4 is 10.6 Å². The van der Waals surface area contributed by atoms with Gasteiger partial charge < -0.3 is 10.6 Å². The van der Waals surface area contributed by atoms with Crippen molar-refractivity contribution in [3.05, 3.63) is 12.2 Å². The predicted molar refractivity (Wildman–Crippen MR) is 72.1 cm³/mol. The van der Waals surface area contributed by atoms with Gasteiger partial charge in [-0.1, -0.05) is 12.2 Å². The summed E-state index contributed by atoms with van der Waals surface area (Å²) in [6, 6.07) is 0.490. The molecular formula is C15H24N2O. The molecule has 1 heterocycles. The highest BCUT2D eigenvalue weighted by Crippen LogP contribution is 2.44. The Kier molecular flexibility index (Phi) is 3.42. The smallest absolute Gasteiger partial charge is 0.237 e. The summed E-state index contributed by atoms with van der Waals surface area (Å²) in [5.74, 6) is 2.51. The molecule has 2 aliphatic carbocycles. The van der Waals surface area contributed by atoms with Gasteiger partial charge in [0.15, 0.2) is 0 Å². The number of hydrogen-bond acceptors (Lipinski definition) is 2. The Bertz CT molecular complexity index is 352. The molecule has 18 heavy (non-hydrogen) atoms. The van der Waals surface area contributed by atoms with Crippen LogP contribution in [0.4, 0.5) is 0 Å². The van der Waals surface area contributed by atoms with E-state index in [1.807, 2.05) is 0 Å². The van der Waals surface area contributed by atoms with Crippen LogP contribution in [0.1, 0.15) is 39.0 Å². The molecule has 2 fully saturated rings. The summed E-state index contributed by atoms with van der Waals surface area (Å²) in [6.45, 7) is 3.11. The van der Waals surface area contributed by atoms with Crippen molar-refractivity contribution in [3.63, 3.8) is 0 Å². The zero-order chi connectivity index (χ0) is 12.5. The SMILES string of the molecule is CC(NC1CCCCNC1=O)C1CC2C=CC1C2. The molecule has 5 atom stereocenters. The fraction of sp³-hybridized carbons (Fsp3) is 0.800. The van der Waals surface area contributed by atoms with Crippen LogP contribution in [0.15, 0.2) is 12.2 Å². The third kappa shape index (κ3) is 2.33. The molecule has 3 nitrogen and oxygen atoms in total. The number of rotatable bonds is 3. The highest BCUT2D eigenvalue weighted by atomic mass is 16.2. The lowest BCUT2D eigenvalue weighted by Crippen LogP contribution is -2.49. The first-order chi connectivity index (χ1) is 8.74. The number of carbonyl (C=O) groups is 1. The minimum absolute atomic E-state index is 0.0330. The van der Waals surface area contributed by atoms with Gasteiger partial charge in [0.2, 0.25) is 5.91 Å². The monoisotopic (exact) mass is 248 g/mol. The molecule has 1 saturated heterocycles. The lowest BCUT2D eigenvalue weighted by Gasteiger charge is -2.29. The Morgan fingerprint density at radius 1 is 1.33 bits per heavy atom. The molecular weight excluding hydrogens is 224 g/mol. The predicted octanol–water partition coefficient (Wildman–Crippen LogP) is 1.85. The Hall–Kier alpha value is -0.830. The molecule has 0 radical (unpaired) electrons. The van der Waals surface area contributed by atoms with Gasteiger partial charge in [-0.25, -0.2) is 0 Å². The molecule has 1 aliphatic heterocycles. The van der Waals surface area contributed by atoms with Crippen LogP contribution in [-0.4, -0.2) is 24.5 Å². The summed E-state index contributed by atoms with van der Waals surface area (Å²) in [7, 11) is 0. The zero-order valence-corrected chi connectivity index (χ0v) is 11.2. The Morgan fingerprint density at radius 2 is 2.22 bits per heavy atom. The first-order valence-electron chi connectivity index (χ1n) is 7.46. The molecule has 2 N–H and O–H groups in total. The van der Waals surface area contributed by atoms with Gasteiger partial charge in [-0.05, 0) is 56.8 Å². The third-order valence-corrected chi connectivity index (χ3v) is 4.97. The fourth-order valence-corrected chi connectivity index (χ4v) is 3.94. The van der Waals surface area contributed by atoms with Crippen LogP contribution in [0, 0.1) is 17.8 Å². The zero-order valence-electron chi connectivity index (χ0n) is 11.2. The van der Waals surface area contributed by atoms with E-state index in [0.29, 0.717) is 6.04 Å². The molecule has 5 unspecified atom stereocenters. The lowest BCUT2D eigenvalue weighted by atomic mass is 9.87. The number of amides is 1. The minimum atomic E-state index is 0.0330. The van der Waals surface area contributed by atoms with Crippen molar-refractivity contribution in [2.24, 2.45) is 17.8 Å². The van der Waals surface area contributed by atoms with Gasteiger partial charge in [-0.2, -0.15) is 0 Å². The largest absolute Gasteiger partial charge is 0.355 e. The fourth-order valence-electron chi connectivity index (χ4n) is 3.94. The normalized spacial score (nSPS) is 40.6. The Morgan fingerprint density at radius 3 is 2.94 bits per heavy atom. The summed E-state index contributed by atoms with van der Waals surface area (Å²) in [4.78, 5) is 11.9. The molecule has 0 aromatic heterocycles. The first kappa shape index (κ1) is 12.2. The van der Waals surface area contributed by atoms with Gasteiger partial charge in [-0.3, -0.25) is 4.79 Å². The highest BCUT2D eigenvalue weighted by molar-refractivity contribution is 5.81. The molecule has 3 heteroatoms. The molecule has 0 aromatic rings. The lowest BCUT2D eigenvalue weighted by molar-refractivity contribution is -0.123. The van der Waals surface area contributed by atoms with E-state index in [2.05, 4.69) is 29.7 Å². The van der Waals surface area contributed by atoms with Crippen LogP contribution in [0.2, 0.25) is 0 Å². The van der Waals surface area contributed by atoms with Crippen molar-refractivity contribution in [1.82, 2.24) is 10.6 Å². The van der Waals surface area contributed by atoms with Crippen molar-refractivity contribution in [2.75, 3.05) is 6.54 Å². The molecule has 3 aliphatic rings. The molecule has 0 spiro atoms. The summed E-state index contributed by atoms with van der Waals surface area (Å²) in [5.41, 5.74) is 0. The van der Waals surface area contributed by atoms with Crippen LogP contribution in [0.5, 0.6) is 0 Å². The first-order valence-corrected chi connectivity index (χ1v) is 7.46. The quantitative estimate of drug-likeness (QED) is 0.748. The maximum atomic E-state index is 11.9. The topological polar surface area (TPSA) is 41.1 Å². The highest BCUT2D eigenvalue weighted by Gasteiger charge is 2.39. The second kappa shape index (κ2) is 5.04. The molecule has 1 amide bonds. The van der Waals surface area contributed by atoms with Gasteiger partial charge in [0.1, 0.15) is 0 Å². The third-order valence-electron chi connectivity index (χ3n) is 4.97. The second-order valence-corrected chi connectivity index (χ2v) is 6.24. The summed E-state index contributed by atoms with van der Waals surface area (Å²) >= 11 is 0. The van der Waals surface area contributed by atoms with E-state index in [-0.39, 0.29) is 11.9 Å². The van der Waals surface area contributed by atoms with E-state index in [9.17, 15) is 4.79 Å². The van der Waals surface area contributed by atoms with Crippen molar-refractivity contribution in [1.29, 1.82) is 0 Å². The van der Waals surface area contributed by atoms with E-state index < -0.39 is 0 Å². The van der Waals surface area contributed by atoms with Crippen LogP contribution >= 0.6 is 0 Å². The van der Waals surface area contributed by atoms with Crippen molar-refractivity contribution >= 4 is 5.91 Å². The maximum Gasteiger partial charge on any atom is 0.237 e. The van der Waals surface area contributed by atoms with Gasteiger partial charge in [0, 0.05) is 12.6 Å². The number of hydrogen-bond donors (Lipinski definition) is 2. The number of allylic oxidation sites excluding steroid dienone is 2. The van der Waals surface area contributed by atoms with Crippen LogP contribution in [0.25, 0.3) is 0 Å². The summed E-state index contributed by atoms with van der Waals surface area (Å²) < 4.78 is 0. The van der Waals surface area contributed by atoms with Crippen LogP contribution in [-0.2, 0) is 4.79 Å². The molecule has 2 bridgehead atoms. The average Bonchev–Trinajstić information content (AvgIpc) is 2.93. The van der Waals surface area contributed by atoms with Crippen molar-refractivity contribution < 1.29 is 4.79 Å². The van der Waals surface area contributed by atoms with Gasteiger partial charge >= 0.3 is 0 Å². The van der Waals surface area contributed by atoms with Gasteiger partial charge in [-0.15, -0.1) is 0 Å². The molecule has 1 saturated carbocycles. The van der Waals surface area contributed by atoms with Crippen molar-refractivity contribution in [2.45, 2.75) is 51.1 Å². The molecule has 100 valence electrons. The molecule has 0 aromatic carbocycles. The Balaban J connectivity index is 1.58. The van der Waals surface area contributed by atoms with Gasteiger partial charge in [0.25, 0.3) is 0 Å². The minimum Gasteiger partial charge on any atom is -0.355 e.